The molecule has 1 amide bonds. The van der Waals surface area contributed by atoms with Gasteiger partial charge in [0, 0.05) is 36.3 Å². The van der Waals surface area contributed by atoms with Crippen LogP contribution in [-0.2, 0) is 16.8 Å². The molecule has 6 nitrogen and oxygen atoms in total. The maximum Gasteiger partial charge on any atom is 0.248 e. The molecule has 148 valence electrons. The molecule has 1 aliphatic heterocycles. The first-order valence-electron chi connectivity index (χ1n) is 9.27. The van der Waals surface area contributed by atoms with Crippen molar-refractivity contribution in [1.82, 2.24) is 25.4 Å². The Morgan fingerprint density at radius 3 is 2.71 bits per heavy atom. The first kappa shape index (κ1) is 20.5. The van der Waals surface area contributed by atoms with Crippen molar-refractivity contribution in [2.75, 3.05) is 19.6 Å². The Hall–Kier alpha value is -2.22. The summed E-state index contributed by atoms with van der Waals surface area (Å²) in [5.41, 5.74) is 1.55. The maximum absolute atomic E-state index is 13.0. The van der Waals surface area contributed by atoms with Gasteiger partial charge in [-0.2, -0.15) is 5.10 Å². The predicted molar refractivity (Wildman–Crippen MR) is 114 cm³/mol. The van der Waals surface area contributed by atoms with Crippen molar-refractivity contribution in [3.63, 3.8) is 0 Å². The van der Waals surface area contributed by atoms with Crippen LogP contribution in [0.5, 0.6) is 0 Å². The summed E-state index contributed by atoms with van der Waals surface area (Å²) in [5, 5.41) is 13.9. The highest BCUT2D eigenvalue weighted by Crippen LogP contribution is 2.27. The molecule has 3 heterocycles. The van der Waals surface area contributed by atoms with Gasteiger partial charge in [-0.1, -0.05) is 30.3 Å². The van der Waals surface area contributed by atoms with Crippen LogP contribution in [0.1, 0.15) is 18.5 Å². The number of carbonyl (C=O) groups is 1. The number of hydrogen-bond donors (Lipinski definition) is 2. The van der Waals surface area contributed by atoms with Gasteiger partial charge in [0.1, 0.15) is 10.5 Å². The minimum Gasteiger partial charge on any atom is -0.354 e. The molecule has 1 aliphatic rings. The number of halogens is 1. The fourth-order valence-corrected chi connectivity index (χ4v) is 4.39. The van der Waals surface area contributed by atoms with Crippen molar-refractivity contribution in [3.8, 4) is 10.6 Å². The number of nitrogens with zero attached hydrogens (tertiary/aromatic N) is 3. The number of carbonyl (C=O) groups excluding carboxylic acids is 1. The van der Waals surface area contributed by atoms with Gasteiger partial charge in [0.15, 0.2) is 0 Å². The molecule has 0 saturated carbocycles. The largest absolute Gasteiger partial charge is 0.354 e. The second-order valence-corrected chi connectivity index (χ2v) is 7.61. The van der Waals surface area contributed by atoms with Gasteiger partial charge in [-0.15, -0.1) is 23.7 Å². The number of piperidine rings is 1. The highest BCUT2D eigenvalue weighted by molar-refractivity contribution is 7.13. The summed E-state index contributed by atoms with van der Waals surface area (Å²) in [5.74, 6) is 0.0474. The van der Waals surface area contributed by atoms with Crippen LogP contribution in [0.2, 0.25) is 0 Å². The summed E-state index contributed by atoms with van der Waals surface area (Å²) in [7, 11) is 0. The van der Waals surface area contributed by atoms with E-state index < -0.39 is 5.54 Å². The molecule has 1 saturated heterocycles. The summed E-state index contributed by atoms with van der Waals surface area (Å²) in [6.45, 7) is 2.22. The van der Waals surface area contributed by atoms with Crippen molar-refractivity contribution in [2.24, 2.45) is 0 Å². The normalized spacial score (nSPS) is 15.6. The lowest BCUT2D eigenvalue weighted by molar-refractivity contribution is -0.131. The number of amides is 1. The van der Waals surface area contributed by atoms with Crippen LogP contribution >= 0.6 is 23.7 Å². The molecule has 28 heavy (non-hydrogen) atoms. The molecular formula is C20H24ClN5OS. The average Bonchev–Trinajstić information content (AvgIpc) is 3.42. The Labute approximate surface area is 174 Å². The number of aromatic nitrogens is 3. The van der Waals surface area contributed by atoms with E-state index in [1.165, 1.54) is 0 Å². The maximum atomic E-state index is 13.0. The quantitative estimate of drug-likeness (QED) is 0.646. The van der Waals surface area contributed by atoms with Gasteiger partial charge >= 0.3 is 0 Å². The Bertz CT molecular complexity index is 875. The first-order valence-corrected chi connectivity index (χ1v) is 10.1. The van der Waals surface area contributed by atoms with Crippen LogP contribution in [0, 0.1) is 0 Å². The molecule has 0 bridgehead atoms. The standard InChI is InChI=1S/C20H23N5OS.ClH/c26-19(20(8-12-21-13-9-20)25-14-4-10-23-25)22-11-7-17-15-27-18(24-17)16-5-2-1-3-6-16;/h1-6,10,14-15,21H,7-9,11-13H2,(H,22,26);1H. The summed E-state index contributed by atoms with van der Waals surface area (Å²) in [6.07, 6.45) is 5.84. The van der Waals surface area contributed by atoms with Gasteiger partial charge < -0.3 is 10.6 Å². The Kier molecular flexibility index (Phi) is 6.83. The summed E-state index contributed by atoms with van der Waals surface area (Å²) < 4.78 is 1.82. The van der Waals surface area contributed by atoms with Crippen LogP contribution in [0.25, 0.3) is 10.6 Å². The predicted octanol–water partition coefficient (Wildman–Crippen LogP) is 2.87. The van der Waals surface area contributed by atoms with E-state index in [0.29, 0.717) is 6.54 Å². The first-order chi connectivity index (χ1) is 13.3. The fourth-order valence-electron chi connectivity index (χ4n) is 3.53. The Balaban J connectivity index is 0.00000225. The van der Waals surface area contributed by atoms with E-state index in [9.17, 15) is 4.79 Å². The lowest BCUT2D eigenvalue weighted by Crippen LogP contribution is -2.54. The molecular weight excluding hydrogens is 394 g/mol. The second kappa shape index (κ2) is 9.32. The molecule has 1 aromatic carbocycles. The Morgan fingerprint density at radius 1 is 1.21 bits per heavy atom. The van der Waals surface area contributed by atoms with Crippen molar-refractivity contribution >= 4 is 29.7 Å². The van der Waals surface area contributed by atoms with E-state index in [1.54, 1.807) is 17.5 Å². The van der Waals surface area contributed by atoms with Gasteiger partial charge in [0.25, 0.3) is 0 Å². The molecule has 3 aromatic rings. The lowest BCUT2D eigenvalue weighted by atomic mass is 9.87. The third-order valence-corrected chi connectivity index (χ3v) is 5.98. The number of benzene rings is 1. The fraction of sp³-hybridized carbons (Fsp3) is 0.350. The lowest BCUT2D eigenvalue weighted by Gasteiger charge is -2.36. The van der Waals surface area contributed by atoms with E-state index >= 15 is 0 Å². The number of hydrogen-bond acceptors (Lipinski definition) is 5. The van der Waals surface area contributed by atoms with Crippen LogP contribution in [0.15, 0.2) is 54.2 Å². The van der Waals surface area contributed by atoms with Gasteiger partial charge in [-0.25, -0.2) is 4.98 Å². The third-order valence-electron chi connectivity index (χ3n) is 5.04. The molecule has 8 heteroatoms. The SMILES string of the molecule is Cl.O=C(NCCc1csc(-c2ccccc2)n1)C1(n2cccn2)CCNCC1. The zero-order chi connectivity index (χ0) is 18.5. The molecule has 0 atom stereocenters. The van der Waals surface area contributed by atoms with Crippen molar-refractivity contribution in [3.05, 3.63) is 59.9 Å². The van der Waals surface area contributed by atoms with E-state index in [-0.39, 0.29) is 18.3 Å². The topological polar surface area (TPSA) is 71.8 Å². The summed E-state index contributed by atoms with van der Waals surface area (Å²) in [4.78, 5) is 17.7. The molecule has 1 fully saturated rings. The Morgan fingerprint density at radius 2 is 2.00 bits per heavy atom. The summed E-state index contributed by atoms with van der Waals surface area (Å²) >= 11 is 1.64. The number of thiazole rings is 1. The summed E-state index contributed by atoms with van der Waals surface area (Å²) in [6, 6.07) is 12.0. The molecule has 4 rings (SSSR count). The molecule has 0 unspecified atom stereocenters. The minimum atomic E-state index is -0.591. The smallest absolute Gasteiger partial charge is 0.248 e. The van der Waals surface area contributed by atoms with E-state index in [4.69, 9.17) is 4.98 Å². The molecule has 2 aromatic heterocycles. The van der Waals surface area contributed by atoms with Crippen molar-refractivity contribution in [1.29, 1.82) is 0 Å². The van der Waals surface area contributed by atoms with E-state index in [2.05, 4.69) is 33.2 Å². The van der Waals surface area contributed by atoms with Gasteiger partial charge in [0.2, 0.25) is 5.91 Å². The van der Waals surface area contributed by atoms with E-state index in [1.807, 2.05) is 35.1 Å². The van der Waals surface area contributed by atoms with Crippen molar-refractivity contribution < 1.29 is 4.79 Å². The van der Waals surface area contributed by atoms with Crippen molar-refractivity contribution in [2.45, 2.75) is 24.8 Å². The van der Waals surface area contributed by atoms with Gasteiger partial charge in [-0.3, -0.25) is 9.48 Å². The highest BCUT2D eigenvalue weighted by Gasteiger charge is 2.41. The monoisotopic (exact) mass is 417 g/mol. The zero-order valence-corrected chi connectivity index (χ0v) is 17.1. The van der Waals surface area contributed by atoms with Crippen LogP contribution in [-0.4, -0.2) is 40.3 Å². The number of rotatable bonds is 6. The zero-order valence-electron chi connectivity index (χ0n) is 15.5. The average molecular weight is 418 g/mol. The number of nitrogens with one attached hydrogen (secondary N) is 2. The molecule has 0 aliphatic carbocycles. The van der Waals surface area contributed by atoms with Gasteiger partial charge in [-0.05, 0) is 32.0 Å². The van der Waals surface area contributed by atoms with Crippen LogP contribution in [0.3, 0.4) is 0 Å². The van der Waals surface area contributed by atoms with Crippen LogP contribution in [0.4, 0.5) is 0 Å². The minimum absolute atomic E-state index is 0. The van der Waals surface area contributed by atoms with E-state index in [0.717, 1.165) is 48.6 Å². The van der Waals surface area contributed by atoms with Crippen LogP contribution < -0.4 is 10.6 Å². The third kappa shape index (κ3) is 4.27. The van der Waals surface area contributed by atoms with Gasteiger partial charge in [0.05, 0.1) is 5.69 Å². The molecule has 2 N–H and O–H groups in total. The molecule has 0 radical (unpaired) electrons. The second-order valence-electron chi connectivity index (χ2n) is 6.75. The molecule has 0 spiro atoms. The highest BCUT2D eigenvalue weighted by atomic mass is 35.5.